The molecule has 7 nitrogen and oxygen atoms in total. The van der Waals surface area contributed by atoms with Crippen LogP contribution in [0.3, 0.4) is 0 Å². The number of pyridine rings is 2. The highest BCUT2D eigenvalue weighted by Gasteiger charge is 2.31. The van der Waals surface area contributed by atoms with Crippen LogP contribution in [-0.2, 0) is 22.5 Å². The maximum Gasteiger partial charge on any atom is 0.231 e. The minimum Gasteiger partial charge on any atom is -0.477 e. The minimum absolute atomic E-state index is 0.00965. The molecule has 1 atom stereocenters. The summed E-state index contributed by atoms with van der Waals surface area (Å²) in [6.45, 7) is 4.43. The molecule has 1 saturated heterocycles. The number of carbonyl (C=O) groups excluding carboxylic acids is 1. The Hall–Kier alpha value is -2.67. The predicted octanol–water partition coefficient (Wildman–Crippen LogP) is 1.87. The first kappa shape index (κ1) is 16.8. The van der Waals surface area contributed by atoms with Crippen LogP contribution in [0.4, 0.5) is 11.5 Å². The van der Waals surface area contributed by atoms with Crippen molar-refractivity contribution < 1.29 is 14.3 Å². The van der Waals surface area contributed by atoms with Gasteiger partial charge in [-0.25, -0.2) is 0 Å². The lowest BCUT2D eigenvalue weighted by Crippen LogP contribution is -2.26. The average molecular weight is 354 g/mol. The molecule has 1 amide bonds. The van der Waals surface area contributed by atoms with E-state index in [0.717, 1.165) is 35.5 Å². The Morgan fingerprint density at radius 3 is 3.04 bits per heavy atom. The zero-order chi connectivity index (χ0) is 18.1. The smallest absolute Gasteiger partial charge is 0.231 e. The fraction of sp³-hybridized carbons (Fsp3) is 0.421. The molecule has 2 aliphatic rings. The van der Waals surface area contributed by atoms with Crippen LogP contribution in [0.1, 0.15) is 23.2 Å². The molecule has 26 heavy (non-hydrogen) atoms. The maximum atomic E-state index is 12.5. The first-order chi connectivity index (χ1) is 12.6. The van der Waals surface area contributed by atoms with E-state index in [1.54, 1.807) is 11.1 Å². The number of amides is 1. The Bertz CT molecular complexity index is 816. The largest absolute Gasteiger partial charge is 0.477 e. The maximum absolute atomic E-state index is 12.5. The number of nitrogen functional groups attached to an aromatic ring is 1. The van der Waals surface area contributed by atoms with Gasteiger partial charge in [-0.1, -0.05) is 6.07 Å². The molecule has 0 aliphatic carbocycles. The van der Waals surface area contributed by atoms with Gasteiger partial charge in [-0.05, 0) is 25.0 Å². The molecule has 0 radical (unpaired) electrons. The second-order valence-corrected chi connectivity index (χ2v) is 6.85. The molecular weight excluding hydrogens is 332 g/mol. The van der Waals surface area contributed by atoms with E-state index in [1.165, 1.54) is 0 Å². The summed E-state index contributed by atoms with van der Waals surface area (Å²) >= 11 is 0. The summed E-state index contributed by atoms with van der Waals surface area (Å²) < 4.78 is 11.2. The average Bonchev–Trinajstić information content (AvgIpc) is 3.24. The monoisotopic (exact) mass is 354 g/mol. The van der Waals surface area contributed by atoms with E-state index >= 15 is 0 Å². The van der Waals surface area contributed by atoms with E-state index in [0.29, 0.717) is 37.4 Å². The van der Waals surface area contributed by atoms with E-state index in [-0.39, 0.29) is 12.3 Å². The number of carbonyl (C=O) groups is 1. The molecule has 0 unspecified atom stereocenters. The number of nitrogens with zero attached hydrogens (tertiary/aromatic N) is 3. The van der Waals surface area contributed by atoms with Crippen molar-refractivity contribution in [1.82, 2.24) is 9.97 Å². The van der Waals surface area contributed by atoms with Gasteiger partial charge in [0.1, 0.15) is 5.82 Å². The zero-order valence-electron chi connectivity index (χ0n) is 14.8. The lowest BCUT2D eigenvalue weighted by Gasteiger charge is -2.19. The lowest BCUT2D eigenvalue weighted by atomic mass is 10.1. The van der Waals surface area contributed by atoms with Gasteiger partial charge in [-0.15, -0.1) is 0 Å². The standard InChI is InChI=1S/C19H22N4O3/c1-12-2-3-13(8-21-12)9-23-16-7-17(26-11-14-4-5-25-10-14)22-19(20)15(16)6-18(23)24/h2-3,7-8,14H,4-6,9-11H2,1H3,(H2,20,22)/t14-/m0/s1. The van der Waals surface area contributed by atoms with Crippen LogP contribution in [0, 0.1) is 12.8 Å². The molecule has 0 aromatic carbocycles. The van der Waals surface area contributed by atoms with Crippen LogP contribution < -0.4 is 15.4 Å². The number of aryl methyl sites for hydroxylation is 1. The molecule has 4 heterocycles. The number of aromatic nitrogens is 2. The molecule has 2 aromatic rings. The third-order valence-corrected chi connectivity index (χ3v) is 4.83. The van der Waals surface area contributed by atoms with Crippen LogP contribution >= 0.6 is 0 Å². The van der Waals surface area contributed by atoms with Gasteiger partial charge >= 0.3 is 0 Å². The van der Waals surface area contributed by atoms with Crippen molar-refractivity contribution in [3.05, 3.63) is 41.2 Å². The van der Waals surface area contributed by atoms with Crippen LogP contribution in [0.25, 0.3) is 0 Å². The molecule has 7 heteroatoms. The Morgan fingerprint density at radius 2 is 2.31 bits per heavy atom. The van der Waals surface area contributed by atoms with Crippen LogP contribution in [-0.4, -0.2) is 35.7 Å². The second-order valence-electron chi connectivity index (χ2n) is 6.85. The van der Waals surface area contributed by atoms with Gasteiger partial charge in [-0.2, -0.15) is 4.98 Å². The molecule has 136 valence electrons. The van der Waals surface area contributed by atoms with Gasteiger partial charge in [0.25, 0.3) is 0 Å². The van der Waals surface area contributed by atoms with E-state index in [9.17, 15) is 4.79 Å². The minimum atomic E-state index is 0.00965. The number of hydrogen-bond acceptors (Lipinski definition) is 6. The SMILES string of the molecule is Cc1ccc(CN2C(=O)Cc3c2cc(OC[C@H]2CCOC2)nc3N)cn1. The number of hydrogen-bond donors (Lipinski definition) is 1. The number of nitrogens with two attached hydrogens (primary N) is 1. The number of ether oxygens (including phenoxy) is 2. The summed E-state index contributed by atoms with van der Waals surface area (Å²) in [5.74, 6) is 1.20. The molecule has 0 spiro atoms. The van der Waals surface area contributed by atoms with Gasteiger partial charge in [0, 0.05) is 36.0 Å². The van der Waals surface area contributed by atoms with Crippen molar-refractivity contribution >= 4 is 17.4 Å². The van der Waals surface area contributed by atoms with Gasteiger partial charge in [0.15, 0.2) is 0 Å². The molecule has 4 rings (SSSR count). The van der Waals surface area contributed by atoms with Crippen molar-refractivity contribution in [3.8, 4) is 5.88 Å². The van der Waals surface area contributed by atoms with E-state index < -0.39 is 0 Å². The van der Waals surface area contributed by atoms with E-state index in [1.807, 2.05) is 25.1 Å². The molecule has 0 saturated carbocycles. The fourth-order valence-electron chi connectivity index (χ4n) is 3.30. The van der Waals surface area contributed by atoms with E-state index in [4.69, 9.17) is 15.2 Å². The first-order valence-corrected chi connectivity index (χ1v) is 8.82. The summed E-state index contributed by atoms with van der Waals surface area (Å²) in [6, 6.07) is 5.74. The van der Waals surface area contributed by atoms with Gasteiger partial charge < -0.3 is 20.1 Å². The normalized spacial score (nSPS) is 19.0. The third-order valence-electron chi connectivity index (χ3n) is 4.83. The third kappa shape index (κ3) is 3.35. The quantitative estimate of drug-likeness (QED) is 0.881. The topological polar surface area (TPSA) is 90.6 Å². The van der Waals surface area contributed by atoms with Gasteiger partial charge in [-0.3, -0.25) is 9.78 Å². The molecule has 0 bridgehead atoms. The summed E-state index contributed by atoms with van der Waals surface area (Å²) in [5.41, 5.74) is 9.55. The predicted molar refractivity (Wildman–Crippen MR) is 96.9 cm³/mol. The summed E-state index contributed by atoms with van der Waals surface area (Å²) in [6.07, 6.45) is 3.05. The first-order valence-electron chi connectivity index (χ1n) is 8.82. The highest BCUT2D eigenvalue weighted by molar-refractivity contribution is 6.02. The van der Waals surface area contributed by atoms with E-state index in [2.05, 4.69) is 9.97 Å². The van der Waals surface area contributed by atoms with Gasteiger partial charge in [0.2, 0.25) is 11.8 Å². The lowest BCUT2D eigenvalue weighted by molar-refractivity contribution is -0.117. The number of fused-ring (bicyclic) bond motifs is 1. The van der Waals surface area contributed by atoms with Crippen LogP contribution in [0.2, 0.25) is 0 Å². The highest BCUT2D eigenvalue weighted by Crippen LogP contribution is 2.36. The van der Waals surface area contributed by atoms with Crippen molar-refractivity contribution in [2.45, 2.75) is 26.3 Å². The Labute approximate surface area is 152 Å². The fourth-order valence-corrected chi connectivity index (χ4v) is 3.30. The molecule has 2 aliphatic heterocycles. The van der Waals surface area contributed by atoms with Crippen LogP contribution in [0.15, 0.2) is 24.4 Å². The Balaban J connectivity index is 1.55. The van der Waals surface area contributed by atoms with Crippen molar-refractivity contribution in [3.63, 3.8) is 0 Å². The highest BCUT2D eigenvalue weighted by atomic mass is 16.5. The summed E-state index contributed by atoms with van der Waals surface area (Å²) in [4.78, 5) is 22.8. The molecule has 2 N–H and O–H groups in total. The Kier molecular flexibility index (Phi) is 4.46. The zero-order valence-corrected chi connectivity index (χ0v) is 14.8. The number of anilines is 2. The summed E-state index contributed by atoms with van der Waals surface area (Å²) in [7, 11) is 0. The molecule has 2 aromatic heterocycles. The number of rotatable bonds is 5. The molecule has 1 fully saturated rings. The second kappa shape index (κ2) is 6.92. The van der Waals surface area contributed by atoms with Crippen molar-refractivity contribution in [2.75, 3.05) is 30.5 Å². The Morgan fingerprint density at radius 1 is 1.42 bits per heavy atom. The van der Waals surface area contributed by atoms with Crippen molar-refractivity contribution in [2.24, 2.45) is 5.92 Å². The van der Waals surface area contributed by atoms with Gasteiger partial charge in [0.05, 0.1) is 31.9 Å². The summed E-state index contributed by atoms with van der Waals surface area (Å²) in [5, 5.41) is 0. The van der Waals surface area contributed by atoms with Crippen molar-refractivity contribution in [1.29, 1.82) is 0 Å². The van der Waals surface area contributed by atoms with Crippen LogP contribution in [0.5, 0.6) is 5.88 Å². The molecular formula is C19H22N4O3.